The molecule has 0 aliphatic carbocycles. The molecule has 35 heavy (non-hydrogen) atoms. The molecule has 1 aromatic carbocycles. The van der Waals surface area contributed by atoms with Crippen LogP contribution >= 0.6 is 0 Å². The highest BCUT2D eigenvalue weighted by Crippen LogP contribution is 2.34. The van der Waals surface area contributed by atoms with E-state index in [2.05, 4.69) is 30.5 Å². The van der Waals surface area contributed by atoms with E-state index in [0.29, 0.717) is 34.7 Å². The lowest BCUT2D eigenvalue weighted by molar-refractivity contribution is 0.0799. The van der Waals surface area contributed by atoms with Gasteiger partial charge in [0, 0.05) is 36.3 Å². The number of amides is 1. The summed E-state index contributed by atoms with van der Waals surface area (Å²) in [7, 11) is 1.64. The number of hydrogen-bond donors (Lipinski definition) is 3. The lowest BCUT2D eigenvalue weighted by atomic mass is 10.2. The van der Waals surface area contributed by atoms with Crippen LogP contribution in [-0.2, 0) is 0 Å². The van der Waals surface area contributed by atoms with Crippen molar-refractivity contribution in [1.29, 1.82) is 0 Å². The van der Waals surface area contributed by atoms with Gasteiger partial charge in [-0.1, -0.05) is 0 Å². The SMILES string of the molecule is CCN(C)C(=O)c1c(Nc2cc(-c3ccco3)[nH]n2)ncnc1Oc1ccc2[nH]c(C)cc2c1F. The maximum atomic E-state index is 15.2. The molecule has 3 N–H and O–H groups in total. The molecule has 4 aromatic heterocycles. The fourth-order valence-electron chi connectivity index (χ4n) is 3.60. The van der Waals surface area contributed by atoms with Gasteiger partial charge >= 0.3 is 0 Å². The van der Waals surface area contributed by atoms with Crippen molar-refractivity contribution in [2.75, 3.05) is 18.9 Å². The van der Waals surface area contributed by atoms with Gasteiger partial charge in [0.1, 0.15) is 17.6 Å². The standard InChI is InChI=1S/C24H22FN7O3/c1-4-32(3)24(33)20-22(29-19-11-16(30-31-19)17-6-5-9-34-17)26-12-27-23(20)35-18-8-7-15-14(21(18)25)10-13(2)28-15/h5-12,28H,4H2,1-3H3,(H2,26,27,29,30,31). The second-order valence-corrected chi connectivity index (χ2v) is 7.88. The van der Waals surface area contributed by atoms with Crippen molar-refractivity contribution < 1.29 is 18.3 Å². The van der Waals surface area contributed by atoms with E-state index in [4.69, 9.17) is 9.15 Å². The van der Waals surface area contributed by atoms with Crippen LogP contribution in [0.2, 0.25) is 0 Å². The van der Waals surface area contributed by atoms with E-state index in [9.17, 15) is 4.79 Å². The third kappa shape index (κ3) is 4.19. The van der Waals surface area contributed by atoms with Crippen molar-refractivity contribution in [3.8, 4) is 23.1 Å². The van der Waals surface area contributed by atoms with E-state index in [0.717, 1.165) is 5.69 Å². The lowest BCUT2D eigenvalue weighted by Crippen LogP contribution is -2.28. The number of ether oxygens (including phenoxy) is 1. The third-order valence-electron chi connectivity index (χ3n) is 5.50. The average Bonchev–Trinajstić information content (AvgIpc) is 3.61. The third-order valence-corrected chi connectivity index (χ3v) is 5.50. The number of aryl methyl sites for hydroxylation is 1. The van der Waals surface area contributed by atoms with Crippen LogP contribution in [0.4, 0.5) is 16.0 Å². The lowest BCUT2D eigenvalue weighted by Gasteiger charge is -2.19. The smallest absolute Gasteiger partial charge is 0.262 e. The molecule has 5 aromatic rings. The molecule has 4 heterocycles. The molecular weight excluding hydrogens is 453 g/mol. The fourth-order valence-corrected chi connectivity index (χ4v) is 3.60. The van der Waals surface area contributed by atoms with Crippen LogP contribution in [0.25, 0.3) is 22.4 Å². The summed E-state index contributed by atoms with van der Waals surface area (Å²) in [4.78, 5) is 26.2. The Hall–Kier alpha value is -4.67. The molecule has 0 atom stereocenters. The molecule has 0 saturated carbocycles. The summed E-state index contributed by atoms with van der Waals surface area (Å²) in [6.45, 7) is 4.10. The Bertz CT molecular complexity index is 1510. The second kappa shape index (κ2) is 8.93. The Morgan fingerprint density at radius 1 is 1.26 bits per heavy atom. The Morgan fingerprint density at radius 3 is 2.89 bits per heavy atom. The van der Waals surface area contributed by atoms with E-state index in [-0.39, 0.29) is 23.0 Å². The van der Waals surface area contributed by atoms with Gasteiger partial charge in [0.2, 0.25) is 5.88 Å². The van der Waals surface area contributed by atoms with E-state index in [1.807, 2.05) is 13.8 Å². The zero-order chi connectivity index (χ0) is 24.5. The number of carbonyl (C=O) groups is 1. The predicted molar refractivity (Wildman–Crippen MR) is 127 cm³/mol. The number of hydrogen-bond acceptors (Lipinski definition) is 7. The van der Waals surface area contributed by atoms with Crippen molar-refractivity contribution in [1.82, 2.24) is 30.0 Å². The van der Waals surface area contributed by atoms with Crippen molar-refractivity contribution >= 4 is 28.4 Å². The summed E-state index contributed by atoms with van der Waals surface area (Å²) >= 11 is 0. The summed E-state index contributed by atoms with van der Waals surface area (Å²) in [5, 5.41) is 10.5. The highest BCUT2D eigenvalue weighted by molar-refractivity contribution is 6.01. The molecule has 0 radical (unpaired) electrons. The van der Waals surface area contributed by atoms with Crippen LogP contribution in [0.15, 0.2) is 53.4 Å². The molecule has 1 amide bonds. The first-order valence-electron chi connectivity index (χ1n) is 10.9. The highest BCUT2D eigenvalue weighted by Gasteiger charge is 2.25. The van der Waals surface area contributed by atoms with Gasteiger partial charge in [0.05, 0.1) is 6.26 Å². The summed E-state index contributed by atoms with van der Waals surface area (Å²) in [5.74, 6) is 0.0601. The number of anilines is 2. The molecule has 0 bridgehead atoms. The fraction of sp³-hybridized carbons (Fsp3) is 0.167. The van der Waals surface area contributed by atoms with E-state index >= 15 is 4.39 Å². The normalized spacial score (nSPS) is 11.1. The number of nitrogens with zero attached hydrogens (tertiary/aromatic N) is 4. The Balaban J connectivity index is 1.53. The summed E-state index contributed by atoms with van der Waals surface area (Å²) in [6.07, 6.45) is 2.79. The number of benzene rings is 1. The number of aromatic nitrogens is 5. The molecule has 10 nitrogen and oxygen atoms in total. The van der Waals surface area contributed by atoms with Crippen molar-refractivity contribution in [3.63, 3.8) is 0 Å². The first-order valence-corrected chi connectivity index (χ1v) is 10.9. The maximum absolute atomic E-state index is 15.2. The van der Waals surface area contributed by atoms with Crippen molar-refractivity contribution in [3.05, 3.63) is 66.1 Å². The maximum Gasteiger partial charge on any atom is 0.262 e. The number of nitrogens with one attached hydrogen (secondary N) is 3. The van der Waals surface area contributed by atoms with Gasteiger partial charge < -0.3 is 24.4 Å². The van der Waals surface area contributed by atoms with Crippen LogP contribution in [0.3, 0.4) is 0 Å². The second-order valence-electron chi connectivity index (χ2n) is 7.88. The van der Waals surface area contributed by atoms with Gasteiger partial charge in [-0.15, -0.1) is 0 Å². The number of halogens is 1. The molecule has 5 rings (SSSR count). The Kier molecular flexibility index (Phi) is 5.65. The van der Waals surface area contributed by atoms with Crippen LogP contribution < -0.4 is 10.1 Å². The summed E-state index contributed by atoms with van der Waals surface area (Å²) in [5.41, 5.74) is 2.14. The largest absolute Gasteiger partial charge is 0.463 e. The number of rotatable bonds is 7. The first kappa shape index (κ1) is 22.1. The van der Waals surface area contributed by atoms with Gasteiger partial charge in [-0.05, 0) is 44.2 Å². The van der Waals surface area contributed by atoms with E-state index < -0.39 is 11.7 Å². The molecule has 0 unspecified atom stereocenters. The molecule has 0 saturated heterocycles. The topological polar surface area (TPSA) is 125 Å². The van der Waals surface area contributed by atoms with E-state index in [1.165, 1.54) is 17.3 Å². The van der Waals surface area contributed by atoms with Gasteiger partial charge in [0.25, 0.3) is 5.91 Å². The average molecular weight is 475 g/mol. The minimum Gasteiger partial charge on any atom is -0.463 e. The summed E-state index contributed by atoms with van der Waals surface area (Å²) < 4.78 is 26.4. The zero-order valence-electron chi connectivity index (χ0n) is 19.2. The van der Waals surface area contributed by atoms with Gasteiger partial charge in [-0.25, -0.2) is 14.4 Å². The summed E-state index contributed by atoms with van der Waals surface area (Å²) in [6, 6.07) is 10.2. The predicted octanol–water partition coefficient (Wildman–Crippen LogP) is 5.02. The molecule has 178 valence electrons. The molecule has 0 fully saturated rings. The monoisotopic (exact) mass is 475 g/mol. The van der Waals surface area contributed by atoms with Crippen LogP contribution in [0, 0.1) is 12.7 Å². The quantitative estimate of drug-likeness (QED) is 0.302. The van der Waals surface area contributed by atoms with Gasteiger partial charge in [-0.3, -0.25) is 9.89 Å². The Labute approximate surface area is 199 Å². The number of carbonyl (C=O) groups excluding carboxylic acids is 1. The molecule has 11 heteroatoms. The highest BCUT2D eigenvalue weighted by atomic mass is 19.1. The molecular formula is C24H22FN7O3. The minimum absolute atomic E-state index is 0.0455. The van der Waals surface area contributed by atoms with E-state index in [1.54, 1.807) is 43.6 Å². The molecule has 0 aliphatic heterocycles. The Morgan fingerprint density at radius 2 is 2.11 bits per heavy atom. The first-order chi connectivity index (χ1) is 16.9. The molecule has 0 spiro atoms. The van der Waals surface area contributed by atoms with Gasteiger partial charge in [-0.2, -0.15) is 5.10 Å². The minimum atomic E-state index is -0.558. The van der Waals surface area contributed by atoms with Crippen molar-refractivity contribution in [2.45, 2.75) is 13.8 Å². The number of H-pyrrole nitrogens is 2. The van der Waals surface area contributed by atoms with Crippen LogP contribution in [0.1, 0.15) is 23.0 Å². The van der Waals surface area contributed by atoms with Crippen molar-refractivity contribution in [2.24, 2.45) is 0 Å². The molecule has 0 aliphatic rings. The zero-order valence-corrected chi connectivity index (χ0v) is 19.2. The number of fused-ring (bicyclic) bond motifs is 1. The van der Waals surface area contributed by atoms with Crippen LogP contribution in [-0.4, -0.2) is 49.5 Å². The number of furan rings is 1. The van der Waals surface area contributed by atoms with Crippen LogP contribution in [0.5, 0.6) is 11.6 Å². The number of aromatic amines is 2. The van der Waals surface area contributed by atoms with Gasteiger partial charge in [0.15, 0.2) is 29.0 Å².